The third kappa shape index (κ3) is 5.06. The molecule has 16 heteroatoms. The molecule has 0 unspecified atom stereocenters. The molecule has 0 aromatic heterocycles. The zero-order valence-electron chi connectivity index (χ0n) is 24.1. The van der Waals surface area contributed by atoms with Crippen LogP contribution in [0.15, 0.2) is 76.8 Å². The van der Waals surface area contributed by atoms with Crippen LogP contribution in [-0.4, -0.2) is 60.1 Å². The number of carbonyl (C=O) groups excluding carboxylic acids is 5. The molecule has 2 aliphatic carbocycles. The minimum absolute atomic E-state index is 0.00481. The average Bonchev–Trinajstić information content (AvgIpc) is 3.44. The second-order valence-corrected chi connectivity index (χ2v) is 15.4. The Morgan fingerprint density at radius 1 is 0.729 bits per heavy atom. The lowest BCUT2D eigenvalue weighted by Crippen LogP contribution is -2.56. The number of fused-ring (bicyclic) bond motifs is 5. The van der Waals surface area contributed by atoms with Gasteiger partial charge in [0.2, 0.25) is 0 Å². The standard InChI is InChI=1S/C32H18Cl8N2O6/c1-14-2-4-16(5-3-14)29(47)48-18-9-6-15(7-10-18)21(43)13-41(26(44)17-8-11-19(33)20(34)12-17)42-27(45)22-23(28(42)46)31(38)25(36)24(35)30(22,37)32(31,39)40/h2-12,22-23H,13H2,1H3/t22-,23+,30-,31-/m1/s1. The molecule has 1 saturated heterocycles. The highest BCUT2D eigenvalue weighted by Gasteiger charge is 2.88. The maximum absolute atomic E-state index is 14.1. The van der Waals surface area contributed by atoms with Crippen molar-refractivity contribution in [1.82, 2.24) is 10.0 Å². The van der Waals surface area contributed by atoms with Gasteiger partial charge in [-0.05, 0) is 61.5 Å². The van der Waals surface area contributed by atoms with Gasteiger partial charge in [-0.15, -0.1) is 23.2 Å². The Morgan fingerprint density at radius 3 is 1.75 bits per heavy atom. The number of alkyl halides is 4. The van der Waals surface area contributed by atoms with Crippen LogP contribution < -0.4 is 4.74 Å². The Kier molecular flexibility index (Phi) is 9.09. The van der Waals surface area contributed by atoms with Gasteiger partial charge in [0.05, 0.1) is 37.5 Å². The molecule has 0 radical (unpaired) electrons. The molecule has 1 aliphatic heterocycles. The van der Waals surface area contributed by atoms with Crippen molar-refractivity contribution in [2.75, 3.05) is 6.54 Å². The van der Waals surface area contributed by atoms with E-state index in [-0.39, 0.29) is 37.0 Å². The Morgan fingerprint density at radius 2 is 1.23 bits per heavy atom. The fourth-order valence-corrected chi connectivity index (χ4v) is 9.25. The lowest BCUT2D eigenvalue weighted by atomic mass is 9.84. The number of halogens is 8. The molecule has 3 aliphatic rings. The van der Waals surface area contributed by atoms with Gasteiger partial charge in [0.25, 0.3) is 17.7 Å². The minimum atomic E-state index is -2.21. The van der Waals surface area contributed by atoms with Crippen molar-refractivity contribution in [2.45, 2.75) is 21.0 Å². The molecule has 2 bridgehead atoms. The average molecular weight is 810 g/mol. The molecule has 2 fully saturated rings. The summed E-state index contributed by atoms with van der Waals surface area (Å²) >= 11 is 51.8. The van der Waals surface area contributed by atoms with Crippen molar-refractivity contribution in [3.05, 3.63) is 109 Å². The molecular formula is C32H18Cl8N2O6. The summed E-state index contributed by atoms with van der Waals surface area (Å²) in [5, 5.41) is 0.597. The van der Waals surface area contributed by atoms with Crippen LogP contribution in [0.25, 0.3) is 0 Å². The summed E-state index contributed by atoms with van der Waals surface area (Å²) in [5.41, 5.74) is 1.22. The predicted octanol–water partition coefficient (Wildman–Crippen LogP) is 8.21. The third-order valence-corrected chi connectivity index (χ3v) is 13.5. The normalized spacial score (nSPS) is 25.4. The summed E-state index contributed by atoms with van der Waals surface area (Å²) in [4.78, 5) is 64.1. The minimum Gasteiger partial charge on any atom is -0.423 e. The number of rotatable bonds is 7. The van der Waals surface area contributed by atoms with Crippen LogP contribution in [0, 0.1) is 18.8 Å². The quantitative estimate of drug-likeness (QED) is 0.0785. The highest BCUT2D eigenvalue weighted by molar-refractivity contribution is 6.67. The molecule has 248 valence electrons. The summed E-state index contributed by atoms with van der Waals surface area (Å²) in [6.45, 7) is 1.05. The number of ether oxygens (including phenoxy) is 1. The Labute approximate surface area is 313 Å². The molecule has 1 saturated carbocycles. The van der Waals surface area contributed by atoms with Crippen LogP contribution in [0.3, 0.4) is 0 Å². The van der Waals surface area contributed by atoms with E-state index < -0.39 is 61.9 Å². The number of carbonyl (C=O) groups is 5. The van der Waals surface area contributed by atoms with E-state index in [0.29, 0.717) is 15.6 Å². The molecule has 4 atom stereocenters. The number of hydrogen-bond donors (Lipinski definition) is 0. The Balaban J connectivity index is 1.32. The number of aryl methyl sites for hydroxylation is 1. The molecule has 6 rings (SSSR count). The number of amides is 3. The molecule has 3 aromatic carbocycles. The molecule has 0 spiro atoms. The highest BCUT2D eigenvalue weighted by atomic mass is 35.5. The summed E-state index contributed by atoms with van der Waals surface area (Å²) in [6.07, 6.45) is 0. The van der Waals surface area contributed by atoms with Gasteiger partial charge in [-0.2, -0.15) is 5.01 Å². The van der Waals surface area contributed by atoms with Gasteiger partial charge in [-0.3, -0.25) is 19.2 Å². The topological polar surface area (TPSA) is 101 Å². The maximum atomic E-state index is 14.1. The van der Waals surface area contributed by atoms with Gasteiger partial charge in [0, 0.05) is 11.1 Å². The first-order valence-electron chi connectivity index (χ1n) is 13.9. The number of nitrogens with zero attached hydrogens (tertiary/aromatic N) is 2. The number of Topliss-reactive ketones (excluding diaryl/α,β-unsaturated/α-hetero) is 1. The number of esters is 1. The van der Waals surface area contributed by atoms with Gasteiger partial charge in [0.1, 0.15) is 22.0 Å². The molecule has 3 amide bonds. The van der Waals surface area contributed by atoms with E-state index in [1.807, 2.05) is 6.92 Å². The third-order valence-electron chi connectivity index (χ3n) is 8.50. The summed E-state index contributed by atoms with van der Waals surface area (Å²) in [5.74, 6) is -7.36. The van der Waals surface area contributed by atoms with Crippen LogP contribution in [0.1, 0.15) is 36.6 Å². The predicted molar refractivity (Wildman–Crippen MR) is 184 cm³/mol. The molecule has 8 nitrogen and oxygen atoms in total. The van der Waals surface area contributed by atoms with E-state index in [1.54, 1.807) is 24.3 Å². The highest BCUT2D eigenvalue weighted by Crippen LogP contribution is 2.77. The zero-order valence-corrected chi connectivity index (χ0v) is 30.1. The van der Waals surface area contributed by atoms with Crippen molar-refractivity contribution >= 4 is 122 Å². The fraction of sp³-hybridized carbons (Fsp3) is 0.219. The monoisotopic (exact) mass is 806 g/mol. The van der Waals surface area contributed by atoms with Crippen LogP contribution in [-0.2, 0) is 9.59 Å². The lowest BCUT2D eigenvalue weighted by molar-refractivity contribution is -0.154. The van der Waals surface area contributed by atoms with Crippen LogP contribution in [0.2, 0.25) is 10.0 Å². The lowest BCUT2D eigenvalue weighted by Gasteiger charge is -2.36. The first-order valence-corrected chi connectivity index (χ1v) is 16.9. The second kappa shape index (κ2) is 12.4. The van der Waals surface area contributed by atoms with E-state index in [4.69, 9.17) is 97.5 Å². The maximum Gasteiger partial charge on any atom is 0.343 e. The van der Waals surface area contributed by atoms with Crippen LogP contribution >= 0.6 is 92.8 Å². The van der Waals surface area contributed by atoms with Crippen molar-refractivity contribution in [1.29, 1.82) is 0 Å². The van der Waals surface area contributed by atoms with Gasteiger partial charge in [-0.1, -0.05) is 87.3 Å². The van der Waals surface area contributed by atoms with Gasteiger partial charge < -0.3 is 4.74 Å². The van der Waals surface area contributed by atoms with Gasteiger partial charge in [0.15, 0.2) is 10.1 Å². The van der Waals surface area contributed by atoms with E-state index in [0.717, 1.165) is 5.56 Å². The van der Waals surface area contributed by atoms with Crippen molar-refractivity contribution in [3.63, 3.8) is 0 Å². The van der Waals surface area contributed by atoms with Crippen molar-refractivity contribution < 1.29 is 28.7 Å². The summed E-state index contributed by atoms with van der Waals surface area (Å²) in [7, 11) is 0. The Hall–Kier alpha value is -2.53. The first kappa shape index (κ1) is 35.3. The number of imide groups is 1. The van der Waals surface area contributed by atoms with Crippen molar-refractivity contribution in [3.8, 4) is 5.75 Å². The molecule has 1 heterocycles. The number of benzene rings is 3. The fourth-order valence-electron chi connectivity index (χ4n) is 6.02. The molecule has 3 aromatic rings. The number of hydrazine groups is 1. The van der Waals surface area contributed by atoms with Crippen LogP contribution in [0.5, 0.6) is 5.75 Å². The first-order chi connectivity index (χ1) is 22.5. The van der Waals surface area contributed by atoms with E-state index >= 15 is 0 Å². The molecule has 0 N–H and O–H groups in total. The van der Waals surface area contributed by atoms with Crippen molar-refractivity contribution in [2.24, 2.45) is 11.8 Å². The van der Waals surface area contributed by atoms with E-state index in [9.17, 15) is 24.0 Å². The van der Waals surface area contributed by atoms with Crippen LogP contribution in [0.4, 0.5) is 0 Å². The zero-order chi connectivity index (χ0) is 35.1. The largest absolute Gasteiger partial charge is 0.423 e. The van der Waals surface area contributed by atoms with E-state index in [1.165, 1.54) is 42.5 Å². The summed E-state index contributed by atoms with van der Waals surface area (Å²) < 4.78 is 3.19. The number of allylic oxidation sites excluding steroid dienone is 2. The van der Waals surface area contributed by atoms with Gasteiger partial charge >= 0.3 is 5.97 Å². The molecular weight excluding hydrogens is 792 g/mol. The molecule has 48 heavy (non-hydrogen) atoms. The number of ketones is 1. The Bertz CT molecular complexity index is 1920. The number of hydrogen-bond acceptors (Lipinski definition) is 6. The van der Waals surface area contributed by atoms with E-state index in [2.05, 4.69) is 0 Å². The smallest absolute Gasteiger partial charge is 0.343 e. The van der Waals surface area contributed by atoms with Gasteiger partial charge in [-0.25, -0.2) is 9.80 Å². The SMILES string of the molecule is Cc1ccc(C(=O)Oc2ccc(C(=O)CN(C(=O)c3ccc(Cl)c(Cl)c3)N3C(=O)[C@@H]4[C@H](C3=O)[C@@]3(Cl)C(Cl)=C(Cl)[C@@]4(Cl)C3(Cl)Cl)cc2)cc1. The second-order valence-electron chi connectivity index (χ2n) is 11.3. The summed E-state index contributed by atoms with van der Waals surface area (Å²) in [6, 6.07) is 16.1.